The molecule has 0 aromatic heterocycles. The fraction of sp³-hybridized carbons (Fsp3) is 0.533. The minimum Gasteiger partial charge on any atom is -0.512 e. The van der Waals surface area contributed by atoms with Gasteiger partial charge in [0, 0.05) is 18.9 Å². The van der Waals surface area contributed by atoms with Gasteiger partial charge in [0.05, 0.1) is 23.5 Å². The molecule has 2 atom stereocenters. The van der Waals surface area contributed by atoms with Crippen molar-refractivity contribution in [2.75, 3.05) is 0 Å². The van der Waals surface area contributed by atoms with Crippen molar-refractivity contribution in [2.24, 2.45) is 0 Å². The molecule has 0 spiro atoms. The van der Waals surface area contributed by atoms with Crippen LogP contribution in [0.5, 0.6) is 0 Å². The Kier molecular flexibility index (Phi) is 4.62. The van der Waals surface area contributed by atoms with E-state index in [1.54, 1.807) is 0 Å². The number of aliphatic hydroxyl groups is 4. The Hall–Kier alpha value is -1.59. The van der Waals surface area contributed by atoms with E-state index in [0.717, 1.165) is 18.1 Å². The summed E-state index contributed by atoms with van der Waals surface area (Å²) in [5.74, 6) is -0.777. The Morgan fingerprint density at radius 3 is 2.65 bits per heavy atom. The molecule has 110 valence electrons. The standard InChI is InChI=1S/C15H20O5/c16-10-4-1-9(2-5-10)3-6-12(18)15-13(19)7-11(17)8-14(15)20/h1,7,10,14,16-17,19-20H,2-6,8H2/t10-,14+/m1/s1. The van der Waals surface area contributed by atoms with Gasteiger partial charge in [-0.2, -0.15) is 0 Å². The summed E-state index contributed by atoms with van der Waals surface area (Å²) in [5, 5.41) is 38.1. The van der Waals surface area contributed by atoms with Gasteiger partial charge in [-0.15, -0.1) is 0 Å². The summed E-state index contributed by atoms with van der Waals surface area (Å²) < 4.78 is 0. The molecule has 5 heteroatoms. The van der Waals surface area contributed by atoms with Crippen molar-refractivity contribution in [1.29, 1.82) is 0 Å². The summed E-state index contributed by atoms with van der Waals surface area (Å²) >= 11 is 0. The van der Waals surface area contributed by atoms with Gasteiger partial charge in [0.2, 0.25) is 0 Å². The van der Waals surface area contributed by atoms with Crippen molar-refractivity contribution >= 4 is 5.78 Å². The number of rotatable bonds is 4. The van der Waals surface area contributed by atoms with Crippen LogP contribution in [-0.4, -0.2) is 38.4 Å². The zero-order valence-corrected chi connectivity index (χ0v) is 11.2. The molecule has 0 saturated heterocycles. The van der Waals surface area contributed by atoms with Crippen LogP contribution >= 0.6 is 0 Å². The third kappa shape index (κ3) is 3.49. The molecule has 0 radical (unpaired) electrons. The third-order valence-corrected chi connectivity index (χ3v) is 3.77. The van der Waals surface area contributed by atoms with Crippen LogP contribution in [0.4, 0.5) is 0 Å². The van der Waals surface area contributed by atoms with E-state index in [-0.39, 0.29) is 41.8 Å². The largest absolute Gasteiger partial charge is 0.512 e. The number of carbonyl (C=O) groups is 1. The van der Waals surface area contributed by atoms with Crippen LogP contribution < -0.4 is 0 Å². The Labute approximate surface area is 117 Å². The highest BCUT2D eigenvalue weighted by Gasteiger charge is 2.27. The molecule has 0 amide bonds. The lowest BCUT2D eigenvalue weighted by Crippen LogP contribution is -2.23. The molecule has 20 heavy (non-hydrogen) atoms. The molecular weight excluding hydrogens is 260 g/mol. The van der Waals surface area contributed by atoms with Gasteiger partial charge in [-0.05, 0) is 25.7 Å². The smallest absolute Gasteiger partial charge is 0.165 e. The van der Waals surface area contributed by atoms with Crippen LogP contribution in [0.25, 0.3) is 0 Å². The van der Waals surface area contributed by atoms with Crippen molar-refractivity contribution in [2.45, 2.75) is 50.7 Å². The molecular formula is C15H20O5. The van der Waals surface area contributed by atoms with Crippen molar-refractivity contribution in [3.8, 4) is 0 Å². The van der Waals surface area contributed by atoms with Gasteiger partial charge in [-0.1, -0.05) is 11.6 Å². The van der Waals surface area contributed by atoms with Crippen molar-refractivity contribution in [3.05, 3.63) is 34.8 Å². The highest BCUT2D eigenvalue weighted by molar-refractivity contribution is 5.97. The van der Waals surface area contributed by atoms with Gasteiger partial charge in [0.1, 0.15) is 5.76 Å². The first kappa shape index (κ1) is 14.8. The van der Waals surface area contributed by atoms with E-state index in [0.29, 0.717) is 19.3 Å². The first-order valence-electron chi connectivity index (χ1n) is 6.87. The van der Waals surface area contributed by atoms with Gasteiger partial charge < -0.3 is 20.4 Å². The lowest BCUT2D eigenvalue weighted by Gasteiger charge is -2.20. The second kappa shape index (κ2) is 6.24. The highest BCUT2D eigenvalue weighted by Crippen LogP contribution is 2.26. The molecule has 0 unspecified atom stereocenters. The van der Waals surface area contributed by atoms with Gasteiger partial charge in [0.15, 0.2) is 5.78 Å². The number of hydrogen-bond donors (Lipinski definition) is 4. The molecule has 0 saturated carbocycles. The van der Waals surface area contributed by atoms with Crippen molar-refractivity contribution < 1.29 is 25.2 Å². The van der Waals surface area contributed by atoms with Crippen molar-refractivity contribution in [1.82, 2.24) is 0 Å². The van der Waals surface area contributed by atoms with Gasteiger partial charge in [-0.25, -0.2) is 0 Å². The molecule has 0 bridgehead atoms. The normalized spacial score (nSPS) is 27.1. The van der Waals surface area contributed by atoms with E-state index in [1.165, 1.54) is 0 Å². The van der Waals surface area contributed by atoms with E-state index in [4.69, 9.17) is 0 Å². The molecule has 0 aliphatic heterocycles. The summed E-state index contributed by atoms with van der Waals surface area (Å²) in [6, 6.07) is 0. The van der Waals surface area contributed by atoms with E-state index in [2.05, 4.69) is 0 Å². The maximum Gasteiger partial charge on any atom is 0.165 e. The summed E-state index contributed by atoms with van der Waals surface area (Å²) in [4.78, 5) is 12.1. The Balaban J connectivity index is 1.97. The average Bonchev–Trinajstić information content (AvgIpc) is 2.37. The van der Waals surface area contributed by atoms with Crippen LogP contribution in [0.3, 0.4) is 0 Å². The maximum absolute atomic E-state index is 12.1. The minimum absolute atomic E-state index is 0.0146. The maximum atomic E-state index is 12.1. The lowest BCUT2D eigenvalue weighted by atomic mass is 9.89. The number of hydrogen-bond acceptors (Lipinski definition) is 5. The van der Waals surface area contributed by atoms with Gasteiger partial charge in [-0.3, -0.25) is 4.79 Å². The molecule has 0 heterocycles. The number of allylic oxidation sites excluding steroid dienone is 2. The highest BCUT2D eigenvalue weighted by atomic mass is 16.3. The van der Waals surface area contributed by atoms with E-state index < -0.39 is 6.10 Å². The summed E-state index contributed by atoms with van der Waals surface area (Å²) in [7, 11) is 0. The first-order valence-corrected chi connectivity index (χ1v) is 6.87. The lowest BCUT2D eigenvalue weighted by molar-refractivity contribution is -0.116. The van der Waals surface area contributed by atoms with Crippen LogP contribution in [0.2, 0.25) is 0 Å². The predicted molar refractivity (Wildman–Crippen MR) is 73.2 cm³/mol. The van der Waals surface area contributed by atoms with Gasteiger partial charge in [0.25, 0.3) is 0 Å². The fourth-order valence-electron chi connectivity index (χ4n) is 2.60. The predicted octanol–water partition coefficient (Wildman–Crippen LogP) is 1.83. The second-order valence-corrected chi connectivity index (χ2v) is 5.37. The summed E-state index contributed by atoms with van der Waals surface area (Å²) in [6.07, 6.45) is 4.50. The Morgan fingerprint density at radius 1 is 1.30 bits per heavy atom. The number of Topliss-reactive ketones (excluding diaryl/α,β-unsaturated/α-hetero) is 1. The number of ketones is 1. The molecule has 0 fully saturated rings. The summed E-state index contributed by atoms with van der Waals surface area (Å²) in [6.45, 7) is 0. The SMILES string of the molecule is O=C(CCC1=CC[C@@H](O)CC1)C1=C(O)C=C(O)C[C@@H]1O. The van der Waals surface area contributed by atoms with E-state index in [1.807, 2.05) is 6.08 Å². The first-order chi connectivity index (χ1) is 9.47. The number of carbonyl (C=O) groups excluding carboxylic acids is 1. The van der Waals surface area contributed by atoms with Crippen LogP contribution in [-0.2, 0) is 4.79 Å². The Morgan fingerprint density at radius 2 is 2.05 bits per heavy atom. The molecule has 5 nitrogen and oxygen atoms in total. The molecule has 4 N–H and O–H groups in total. The van der Waals surface area contributed by atoms with Crippen LogP contribution in [0.1, 0.15) is 38.5 Å². The molecule has 0 aromatic rings. The summed E-state index contributed by atoms with van der Waals surface area (Å²) in [5.41, 5.74) is 1.12. The number of aliphatic hydroxyl groups excluding tert-OH is 4. The second-order valence-electron chi connectivity index (χ2n) is 5.37. The monoisotopic (exact) mass is 280 g/mol. The molecule has 2 aliphatic carbocycles. The zero-order valence-electron chi connectivity index (χ0n) is 11.2. The van der Waals surface area contributed by atoms with E-state index in [9.17, 15) is 25.2 Å². The van der Waals surface area contributed by atoms with Crippen LogP contribution in [0.15, 0.2) is 34.8 Å². The zero-order chi connectivity index (χ0) is 14.7. The van der Waals surface area contributed by atoms with Gasteiger partial charge >= 0.3 is 0 Å². The fourth-order valence-corrected chi connectivity index (χ4v) is 2.60. The quantitative estimate of drug-likeness (QED) is 0.589. The third-order valence-electron chi connectivity index (χ3n) is 3.77. The minimum atomic E-state index is -1.14. The molecule has 2 aliphatic rings. The topological polar surface area (TPSA) is 98.0 Å². The molecule has 0 aromatic carbocycles. The molecule has 2 rings (SSSR count). The Bertz CT molecular complexity index is 486. The van der Waals surface area contributed by atoms with Crippen molar-refractivity contribution in [3.63, 3.8) is 0 Å². The average molecular weight is 280 g/mol. The van der Waals surface area contributed by atoms with E-state index >= 15 is 0 Å². The van der Waals surface area contributed by atoms with Crippen LogP contribution in [0, 0.1) is 0 Å².